The van der Waals surface area contributed by atoms with Crippen molar-refractivity contribution in [2.45, 2.75) is 38.2 Å². The fraction of sp³-hybridized carbons (Fsp3) is 0.333. The molecule has 0 heterocycles. The third-order valence-electron chi connectivity index (χ3n) is 4.55. The van der Waals surface area contributed by atoms with Crippen molar-refractivity contribution in [2.24, 2.45) is 0 Å². The smallest absolute Gasteiger partial charge is 0.154 e. The van der Waals surface area contributed by atoms with Crippen LogP contribution >= 0.6 is 11.6 Å². The average molecular weight is 389 g/mol. The molecule has 1 N–H and O–H groups in total. The normalized spacial score (nSPS) is 18.2. The van der Waals surface area contributed by atoms with Gasteiger partial charge in [-0.15, -0.1) is 5.92 Å². The summed E-state index contributed by atoms with van der Waals surface area (Å²) in [7, 11) is 0. The molecule has 2 aromatic rings. The Bertz CT molecular complexity index is 852. The molecule has 136 valence electrons. The van der Waals surface area contributed by atoms with Gasteiger partial charge in [0.1, 0.15) is 11.9 Å². The third kappa shape index (κ3) is 4.67. The highest BCUT2D eigenvalue weighted by atomic mass is 35.5. The minimum absolute atomic E-state index is 0.0260. The molecule has 0 aliphatic heterocycles. The van der Waals surface area contributed by atoms with Crippen molar-refractivity contribution in [3.63, 3.8) is 0 Å². The van der Waals surface area contributed by atoms with Gasteiger partial charge in [0.2, 0.25) is 0 Å². The largest absolute Gasteiger partial charge is 0.486 e. The highest BCUT2D eigenvalue weighted by molar-refractivity contribution is 7.79. The number of benzene rings is 2. The molecule has 3 unspecified atom stereocenters. The van der Waals surface area contributed by atoms with Crippen molar-refractivity contribution in [3.05, 3.63) is 64.2 Å². The Balaban J connectivity index is 1.76. The van der Waals surface area contributed by atoms with E-state index in [0.29, 0.717) is 0 Å². The Hall–Kier alpha value is -1.80. The summed E-state index contributed by atoms with van der Waals surface area (Å²) in [5.74, 6) is 6.47. The first-order chi connectivity index (χ1) is 12.6. The van der Waals surface area contributed by atoms with Crippen LogP contribution < -0.4 is 4.74 Å². The van der Waals surface area contributed by atoms with Gasteiger partial charge in [0.15, 0.2) is 11.1 Å². The second kappa shape index (κ2) is 8.73. The molecule has 0 fully saturated rings. The van der Waals surface area contributed by atoms with Crippen molar-refractivity contribution >= 4 is 22.7 Å². The molecule has 1 aliphatic rings. The Morgan fingerprint density at radius 1 is 1.31 bits per heavy atom. The zero-order valence-corrected chi connectivity index (χ0v) is 16.1. The maximum atomic E-state index is 11.1. The monoisotopic (exact) mass is 388 g/mol. The lowest BCUT2D eigenvalue weighted by Gasteiger charge is -2.26. The maximum Gasteiger partial charge on any atom is 0.154 e. The molecule has 1 aliphatic carbocycles. The predicted octanol–water partition coefficient (Wildman–Crippen LogP) is 5.13. The third-order valence-corrected chi connectivity index (χ3v) is 5.41. The van der Waals surface area contributed by atoms with E-state index in [1.54, 1.807) is 6.92 Å². The van der Waals surface area contributed by atoms with E-state index in [0.717, 1.165) is 35.6 Å². The lowest BCUT2D eigenvalue weighted by molar-refractivity contribution is 0.183. The van der Waals surface area contributed by atoms with Gasteiger partial charge in [-0.1, -0.05) is 35.7 Å². The average Bonchev–Trinajstić information content (AvgIpc) is 2.61. The lowest BCUT2D eigenvalue weighted by atomic mass is 9.89. The van der Waals surface area contributed by atoms with Gasteiger partial charge in [-0.2, -0.15) is 0 Å². The highest BCUT2D eigenvalue weighted by Crippen LogP contribution is 2.35. The van der Waals surface area contributed by atoms with Crippen LogP contribution in [0.5, 0.6) is 5.75 Å². The first-order valence-electron chi connectivity index (χ1n) is 8.61. The van der Waals surface area contributed by atoms with Crippen LogP contribution in [0.4, 0.5) is 0 Å². The van der Waals surface area contributed by atoms with E-state index in [4.69, 9.17) is 20.9 Å². The quantitative estimate of drug-likeness (QED) is 0.570. The second-order valence-electron chi connectivity index (χ2n) is 6.35. The molecule has 0 amide bonds. The molecular formula is C21H21ClO3S. The molecule has 0 saturated carbocycles. The molecule has 3 atom stereocenters. The van der Waals surface area contributed by atoms with Crippen LogP contribution in [0.15, 0.2) is 42.5 Å². The fourth-order valence-electron chi connectivity index (χ4n) is 3.34. The van der Waals surface area contributed by atoms with Crippen molar-refractivity contribution in [1.29, 1.82) is 0 Å². The molecule has 5 heteroatoms. The number of fused-ring (bicyclic) bond motifs is 1. The summed E-state index contributed by atoms with van der Waals surface area (Å²) in [6, 6.07) is 13.6. The molecule has 0 bridgehead atoms. The molecular weight excluding hydrogens is 368 g/mol. The Kier molecular flexibility index (Phi) is 6.37. The van der Waals surface area contributed by atoms with Gasteiger partial charge in [0, 0.05) is 5.02 Å². The van der Waals surface area contributed by atoms with Crippen LogP contribution in [0.1, 0.15) is 48.5 Å². The highest BCUT2D eigenvalue weighted by Gasteiger charge is 2.22. The van der Waals surface area contributed by atoms with E-state index in [9.17, 15) is 4.21 Å². The zero-order chi connectivity index (χ0) is 18.5. The van der Waals surface area contributed by atoms with Crippen LogP contribution in [-0.2, 0) is 17.5 Å². The molecule has 0 aromatic heterocycles. The Labute approximate surface area is 162 Å². The summed E-state index contributed by atoms with van der Waals surface area (Å²) in [6.07, 6.45) is 3.11. The summed E-state index contributed by atoms with van der Waals surface area (Å²) in [5, 5.41) is 0.762. The summed E-state index contributed by atoms with van der Waals surface area (Å²) in [6.45, 7) is 1.73. The number of ether oxygens (including phenoxy) is 1. The molecule has 0 radical (unpaired) electrons. The van der Waals surface area contributed by atoms with E-state index in [2.05, 4.69) is 17.9 Å². The second-order valence-corrected chi connectivity index (χ2v) is 7.76. The van der Waals surface area contributed by atoms with Crippen LogP contribution in [0.2, 0.25) is 5.02 Å². The standard InChI is InChI=1S/C21H21ClO3S/c1-2-4-17(14-26(23)24)15-7-10-19(11-8-15)25-21-6-3-5-16-13-18(22)9-12-20(16)21/h7-13,17,21H,3,5-6,14H2,1H3,(H,23,24). The summed E-state index contributed by atoms with van der Waals surface area (Å²) in [4.78, 5) is 0. The van der Waals surface area contributed by atoms with Crippen LogP contribution in [0.25, 0.3) is 0 Å². The Morgan fingerprint density at radius 2 is 2.08 bits per heavy atom. The molecule has 0 spiro atoms. The van der Waals surface area contributed by atoms with Crippen molar-refractivity contribution in [1.82, 2.24) is 0 Å². The van der Waals surface area contributed by atoms with Crippen LogP contribution in [-0.4, -0.2) is 14.5 Å². The van der Waals surface area contributed by atoms with Crippen LogP contribution in [0, 0.1) is 11.8 Å². The number of aryl methyl sites for hydroxylation is 1. The van der Waals surface area contributed by atoms with E-state index in [1.165, 1.54) is 11.1 Å². The SMILES string of the molecule is CC#CC(CS(=O)O)c1ccc(OC2CCCc3cc(Cl)ccc32)cc1. The first-order valence-corrected chi connectivity index (χ1v) is 10.3. The topological polar surface area (TPSA) is 46.5 Å². The Morgan fingerprint density at radius 3 is 2.77 bits per heavy atom. The van der Waals surface area contributed by atoms with Gasteiger partial charge < -0.3 is 9.29 Å². The van der Waals surface area contributed by atoms with E-state index < -0.39 is 11.1 Å². The molecule has 3 nitrogen and oxygen atoms in total. The van der Waals surface area contributed by atoms with Gasteiger partial charge in [-0.25, -0.2) is 4.21 Å². The lowest BCUT2D eigenvalue weighted by Crippen LogP contribution is -2.15. The van der Waals surface area contributed by atoms with Crippen LogP contribution in [0.3, 0.4) is 0 Å². The summed E-state index contributed by atoms with van der Waals surface area (Å²) < 4.78 is 26.5. The number of rotatable bonds is 5. The van der Waals surface area contributed by atoms with Gasteiger partial charge in [-0.3, -0.25) is 0 Å². The summed E-state index contributed by atoms with van der Waals surface area (Å²) in [5.41, 5.74) is 3.38. The van der Waals surface area contributed by atoms with Crippen molar-refractivity contribution in [3.8, 4) is 17.6 Å². The fourth-order valence-corrected chi connectivity index (χ4v) is 4.10. The van der Waals surface area contributed by atoms with Gasteiger partial charge >= 0.3 is 0 Å². The van der Waals surface area contributed by atoms with Gasteiger partial charge in [0.25, 0.3) is 0 Å². The predicted molar refractivity (Wildman–Crippen MR) is 106 cm³/mol. The maximum absolute atomic E-state index is 11.1. The molecule has 0 saturated heterocycles. The van der Waals surface area contributed by atoms with E-state index in [1.807, 2.05) is 36.4 Å². The number of hydrogen-bond donors (Lipinski definition) is 1. The molecule has 3 rings (SSSR count). The minimum atomic E-state index is -1.88. The zero-order valence-electron chi connectivity index (χ0n) is 14.6. The van der Waals surface area contributed by atoms with E-state index >= 15 is 0 Å². The van der Waals surface area contributed by atoms with Crippen molar-refractivity contribution < 1.29 is 13.5 Å². The van der Waals surface area contributed by atoms with E-state index in [-0.39, 0.29) is 17.8 Å². The van der Waals surface area contributed by atoms with Gasteiger partial charge in [0.05, 0.1) is 11.7 Å². The summed E-state index contributed by atoms with van der Waals surface area (Å²) >= 11 is 4.22. The number of halogens is 1. The molecule has 26 heavy (non-hydrogen) atoms. The minimum Gasteiger partial charge on any atom is -0.486 e. The molecule has 2 aromatic carbocycles. The number of hydrogen-bond acceptors (Lipinski definition) is 2. The van der Waals surface area contributed by atoms with Crippen molar-refractivity contribution in [2.75, 3.05) is 5.75 Å². The first kappa shape index (κ1) is 19.0. The van der Waals surface area contributed by atoms with Gasteiger partial charge in [-0.05, 0) is 67.1 Å².